The van der Waals surface area contributed by atoms with Gasteiger partial charge in [0, 0.05) is 0 Å². The number of nitrogens with zero attached hydrogens (tertiary/aromatic N) is 1. The fraction of sp³-hybridized carbons (Fsp3) is 0.0870. The highest BCUT2D eigenvalue weighted by molar-refractivity contribution is 6.41. The Morgan fingerprint density at radius 2 is 1.69 bits per heavy atom. The van der Waals surface area contributed by atoms with Crippen LogP contribution in [0.1, 0.15) is 21.5 Å². The second-order valence-corrected chi connectivity index (χ2v) is 5.98. The van der Waals surface area contributed by atoms with Gasteiger partial charge >= 0.3 is 5.97 Å². The highest BCUT2D eigenvalue weighted by Crippen LogP contribution is 2.26. The van der Waals surface area contributed by atoms with E-state index < -0.39 is 11.8 Å². The van der Waals surface area contributed by atoms with Gasteiger partial charge in [-0.05, 0) is 35.4 Å². The van der Waals surface area contributed by atoms with E-state index in [2.05, 4.69) is 9.89 Å². The predicted octanol–water partition coefficient (Wildman–Crippen LogP) is 4.39. The molecule has 3 rings (SSSR count). The van der Waals surface area contributed by atoms with Crippen molar-refractivity contribution in [3.8, 4) is 11.5 Å². The van der Waals surface area contributed by atoms with Crippen molar-refractivity contribution in [2.45, 2.75) is 6.61 Å². The summed E-state index contributed by atoms with van der Waals surface area (Å²) in [5, 5.41) is 3.97. The summed E-state index contributed by atoms with van der Waals surface area (Å²) in [5.74, 6) is -0.966. The first-order valence-corrected chi connectivity index (χ1v) is 8.86. The molecule has 29 heavy (non-hydrogen) atoms. The summed E-state index contributed by atoms with van der Waals surface area (Å²) in [6, 6.07) is 23.3. The molecule has 0 unspecified atom stereocenters. The zero-order chi connectivity index (χ0) is 20.5. The highest BCUT2D eigenvalue weighted by atomic mass is 16.6. The Bertz CT molecular complexity index is 1010. The topological polar surface area (TPSA) is 74.2 Å². The third-order valence-corrected chi connectivity index (χ3v) is 3.94. The number of carbonyl (C=O) groups is 2. The SMILES string of the molecule is COC(=O)C(=O)c1ccccc1Oc1cccc(C=NOCc2ccccc2)c1. The Labute approximate surface area is 168 Å². The number of para-hydroxylation sites is 1. The second-order valence-electron chi connectivity index (χ2n) is 5.98. The number of methoxy groups -OCH3 is 1. The van der Waals surface area contributed by atoms with Crippen molar-refractivity contribution < 1.29 is 23.9 Å². The lowest BCUT2D eigenvalue weighted by molar-refractivity contribution is -0.135. The van der Waals surface area contributed by atoms with Gasteiger partial charge in [-0.15, -0.1) is 0 Å². The molecular formula is C23H19NO5. The lowest BCUT2D eigenvalue weighted by Gasteiger charge is -2.10. The van der Waals surface area contributed by atoms with Crippen LogP contribution in [0.4, 0.5) is 0 Å². The number of esters is 1. The van der Waals surface area contributed by atoms with Crippen molar-refractivity contribution in [2.24, 2.45) is 5.16 Å². The van der Waals surface area contributed by atoms with Gasteiger partial charge in [-0.1, -0.05) is 59.8 Å². The van der Waals surface area contributed by atoms with Crippen LogP contribution in [0, 0.1) is 0 Å². The molecule has 0 bridgehead atoms. The first-order valence-electron chi connectivity index (χ1n) is 8.86. The van der Waals surface area contributed by atoms with Crippen LogP contribution in [0.3, 0.4) is 0 Å². The molecule has 0 N–H and O–H groups in total. The summed E-state index contributed by atoms with van der Waals surface area (Å²) in [5.41, 5.74) is 1.91. The second kappa shape index (κ2) is 9.85. The van der Waals surface area contributed by atoms with Crippen molar-refractivity contribution in [3.63, 3.8) is 0 Å². The summed E-state index contributed by atoms with van der Waals surface area (Å²) < 4.78 is 10.3. The van der Waals surface area contributed by atoms with Crippen LogP contribution in [0.5, 0.6) is 11.5 Å². The van der Waals surface area contributed by atoms with Crippen molar-refractivity contribution in [1.29, 1.82) is 0 Å². The molecule has 3 aromatic carbocycles. The number of ether oxygens (including phenoxy) is 2. The van der Waals surface area contributed by atoms with Crippen molar-refractivity contribution in [3.05, 3.63) is 95.6 Å². The zero-order valence-electron chi connectivity index (χ0n) is 15.8. The molecule has 0 saturated heterocycles. The summed E-state index contributed by atoms with van der Waals surface area (Å²) in [6.45, 7) is 0.372. The first-order chi connectivity index (χ1) is 14.2. The van der Waals surface area contributed by atoms with Gasteiger partial charge in [-0.25, -0.2) is 4.79 Å². The molecule has 0 aliphatic rings. The molecule has 146 valence electrons. The summed E-state index contributed by atoms with van der Waals surface area (Å²) in [7, 11) is 1.16. The fourth-order valence-corrected chi connectivity index (χ4v) is 2.52. The minimum atomic E-state index is -0.947. The number of carbonyl (C=O) groups excluding carboxylic acids is 2. The normalized spacial score (nSPS) is 10.5. The van der Waals surface area contributed by atoms with Crippen LogP contribution in [0.2, 0.25) is 0 Å². The maximum Gasteiger partial charge on any atom is 0.379 e. The van der Waals surface area contributed by atoms with Crippen LogP contribution >= 0.6 is 0 Å². The standard InChI is InChI=1S/C23H19NO5/c1-27-23(26)22(25)20-12-5-6-13-21(20)29-19-11-7-10-18(14-19)15-24-28-16-17-8-3-2-4-9-17/h2-15H,16H2,1H3. The molecule has 0 aliphatic heterocycles. The van der Waals surface area contributed by atoms with Gasteiger partial charge in [0.05, 0.1) is 18.9 Å². The molecule has 0 radical (unpaired) electrons. The van der Waals surface area contributed by atoms with Gasteiger partial charge in [0.2, 0.25) is 0 Å². The molecule has 6 nitrogen and oxygen atoms in total. The minimum absolute atomic E-state index is 0.129. The molecule has 0 fully saturated rings. The van der Waals surface area contributed by atoms with Gasteiger partial charge in [0.25, 0.3) is 5.78 Å². The maximum atomic E-state index is 12.2. The van der Waals surface area contributed by atoms with E-state index in [1.807, 2.05) is 36.4 Å². The smallest absolute Gasteiger partial charge is 0.379 e. The van der Waals surface area contributed by atoms with E-state index in [0.717, 1.165) is 18.2 Å². The number of hydrogen-bond acceptors (Lipinski definition) is 6. The minimum Gasteiger partial charge on any atom is -0.463 e. The van der Waals surface area contributed by atoms with E-state index in [9.17, 15) is 9.59 Å². The van der Waals surface area contributed by atoms with Gasteiger partial charge in [-0.2, -0.15) is 0 Å². The molecule has 0 saturated carbocycles. The average Bonchev–Trinajstić information content (AvgIpc) is 2.77. The van der Waals surface area contributed by atoms with E-state index in [1.165, 1.54) is 6.07 Å². The number of hydrogen-bond donors (Lipinski definition) is 0. The Kier molecular flexibility index (Phi) is 6.73. The number of Topliss-reactive ketones (excluding diaryl/α,β-unsaturated/α-hetero) is 1. The van der Waals surface area contributed by atoms with Crippen LogP contribution in [0.15, 0.2) is 84.0 Å². The van der Waals surface area contributed by atoms with E-state index in [4.69, 9.17) is 9.57 Å². The fourth-order valence-electron chi connectivity index (χ4n) is 2.52. The molecule has 0 atom stereocenters. The predicted molar refractivity (Wildman–Crippen MR) is 108 cm³/mol. The van der Waals surface area contributed by atoms with E-state index in [-0.39, 0.29) is 11.3 Å². The van der Waals surface area contributed by atoms with Crippen molar-refractivity contribution in [1.82, 2.24) is 0 Å². The van der Waals surface area contributed by atoms with Crippen molar-refractivity contribution >= 4 is 18.0 Å². The molecule has 0 spiro atoms. The molecule has 0 aromatic heterocycles. The van der Waals surface area contributed by atoms with Crippen LogP contribution in [0.25, 0.3) is 0 Å². The monoisotopic (exact) mass is 389 g/mol. The largest absolute Gasteiger partial charge is 0.463 e. The third kappa shape index (κ3) is 5.52. The zero-order valence-corrected chi connectivity index (χ0v) is 15.8. The molecule has 0 aliphatic carbocycles. The van der Waals surface area contributed by atoms with Crippen LogP contribution in [-0.2, 0) is 21.0 Å². The third-order valence-electron chi connectivity index (χ3n) is 3.94. The Hall–Kier alpha value is -3.93. The summed E-state index contributed by atoms with van der Waals surface area (Å²) in [6.07, 6.45) is 1.57. The Morgan fingerprint density at radius 3 is 2.48 bits per heavy atom. The quantitative estimate of drug-likeness (QED) is 0.188. The van der Waals surface area contributed by atoms with Gasteiger partial charge < -0.3 is 14.3 Å². The van der Waals surface area contributed by atoms with Crippen molar-refractivity contribution in [2.75, 3.05) is 7.11 Å². The number of rotatable bonds is 8. The van der Waals surface area contributed by atoms with Gasteiger partial charge in [0.15, 0.2) is 0 Å². The van der Waals surface area contributed by atoms with Crippen LogP contribution < -0.4 is 4.74 Å². The summed E-state index contributed by atoms with van der Waals surface area (Å²) >= 11 is 0. The first kappa shape index (κ1) is 19.8. The highest BCUT2D eigenvalue weighted by Gasteiger charge is 2.21. The van der Waals surface area contributed by atoms with E-state index in [1.54, 1.807) is 42.6 Å². The van der Waals surface area contributed by atoms with Gasteiger partial charge in [-0.3, -0.25) is 4.79 Å². The molecule has 0 heterocycles. The average molecular weight is 389 g/mol. The lowest BCUT2D eigenvalue weighted by atomic mass is 10.1. The molecule has 6 heteroatoms. The number of ketones is 1. The van der Waals surface area contributed by atoms with Crippen LogP contribution in [-0.4, -0.2) is 25.1 Å². The maximum absolute atomic E-state index is 12.2. The Balaban J connectivity index is 1.68. The molecule has 0 amide bonds. The number of oxime groups is 1. The van der Waals surface area contributed by atoms with E-state index in [0.29, 0.717) is 12.4 Å². The molecule has 3 aromatic rings. The summed E-state index contributed by atoms with van der Waals surface area (Å²) in [4.78, 5) is 29.0. The van der Waals surface area contributed by atoms with E-state index >= 15 is 0 Å². The molecular weight excluding hydrogens is 370 g/mol. The number of benzene rings is 3. The lowest BCUT2D eigenvalue weighted by Crippen LogP contribution is -2.16. The van der Waals surface area contributed by atoms with Gasteiger partial charge in [0.1, 0.15) is 18.1 Å². The Morgan fingerprint density at radius 1 is 0.931 bits per heavy atom.